The third-order valence-electron chi connectivity index (χ3n) is 5.80. The Kier molecular flexibility index (Phi) is 7.34. The Morgan fingerprint density at radius 1 is 1.21 bits per heavy atom. The van der Waals surface area contributed by atoms with Gasteiger partial charge in [0.05, 0.1) is 32.7 Å². The normalized spacial score (nSPS) is 16.5. The van der Waals surface area contributed by atoms with E-state index in [1.165, 1.54) is 0 Å². The Morgan fingerprint density at radius 2 is 1.91 bits per heavy atom. The number of amides is 2. The van der Waals surface area contributed by atoms with E-state index in [0.717, 1.165) is 10.8 Å². The molecule has 0 spiro atoms. The van der Waals surface area contributed by atoms with Crippen LogP contribution in [0.2, 0.25) is 19.6 Å². The van der Waals surface area contributed by atoms with Gasteiger partial charge in [0, 0.05) is 19.4 Å². The lowest BCUT2D eigenvalue weighted by atomic mass is 9.95. The van der Waals surface area contributed by atoms with E-state index in [-0.39, 0.29) is 37.0 Å². The van der Waals surface area contributed by atoms with Crippen molar-refractivity contribution in [3.63, 3.8) is 0 Å². The van der Waals surface area contributed by atoms with Crippen LogP contribution in [0.1, 0.15) is 29.2 Å². The van der Waals surface area contributed by atoms with Crippen LogP contribution in [0.4, 0.5) is 0 Å². The first-order valence-electron chi connectivity index (χ1n) is 10.9. The predicted octanol–water partition coefficient (Wildman–Crippen LogP) is 2.22. The van der Waals surface area contributed by atoms with Crippen molar-refractivity contribution in [2.24, 2.45) is 5.92 Å². The number of carbonyl (C=O) groups is 3. The van der Waals surface area contributed by atoms with Crippen molar-refractivity contribution in [1.82, 2.24) is 10.6 Å². The number of nitriles is 1. The molecule has 172 valence electrons. The molecule has 2 N–H and O–H groups in total. The highest BCUT2D eigenvalue weighted by Gasteiger charge is 2.32. The lowest BCUT2D eigenvalue weighted by Gasteiger charge is -2.21. The van der Waals surface area contributed by atoms with Crippen LogP contribution in [0.5, 0.6) is 5.75 Å². The predicted molar refractivity (Wildman–Crippen MR) is 128 cm³/mol. The van der Waals surface area contributed by atoms with Gasteiger partial charge in [0.2, 0.25) is 11.8 Å². The minimum absolute atomic E-state index is 0.0689. The van der Waals surface area contributed by atoms with Crippen molar-refractivity contribution in [3.05, 3.63) is 59.2 Å². The van der Waals surface area contributed by atoms with Gasteiger partial charge in [-0.25, -0.2) is 0 Å². The summed E-state index contributed by atoms with van der Waals surface area (Å²) < 4.78 is 5.20. The lowest BCUT2D eigenvalue weighted by Crippen LogP contribution is -2.40. The van der Waals surface area contributed by atoms with Crippen LogP contribution in [0.3, 0.4) is 0 Å². The number of Topliss-reactive ketones (excluding diaryl/α,β-unsaturated/α-hetero) is 1. The fourth-order valence-electron chi connectivity index (χ4n) is 3.95. The molecule has 8 heteroatoms. The molecule has 1 aliphatic rings. The number of benzene rings is 2. The molecule has 2 amide bonds. The van der Waals surface area contributed by atoms with Gasteiger partial charge in [0.15, 0.2) is 5.78 Å². The first-order chi connectivity index (χ1) is 15.6. The Bertz CT molecular complexity index is 1100. The standard InChI is InChI=1S/C25H29N3O4Si/c1-32-20-8-6-17(7-9-20)24(28-25(31)19-13-23(30)27-15-19)21(29)12-16-5-10-22(33(2,3)4)18(11-16)14-26/h5-11,19,24H,12-13,15H2,1-4H3,(H,27,30)(H,28,31). The van der Waals surface area contributed by atoms with Crippen molar-refractivity contribution < 1.29 is 19.1 Å². The minimum Gasteiger partial charge on any atom is -0.497 e. The van der Waals surface area contributed by atoms with Crippen LogP contribution in [0, 0.1) is 17.2 Å². The van der Waals surface area contributed by atoms with E-state index in [4.69, 9.17) is 4.74 Å². The van der Waals surface area contributed by atoms with Crippen molar-refractivity contribution >= 4 is 30.9 Å². The average Bonchev–Trinajstić information content (AvgIpc) is 3.23. The summed E-state index contributed by atoms with van der Waals surface area (Å²) in [6, 6.07) is 14.0. The first kappa shape index (κ1) is 24.2. The molecule has 2 unspecified atom stereocenters. The highest BCUT2D eigenvalue weighted by Crippen LogP contribution is 2.22. The van der Waals surface area contributed by atoms with Gasteiger partial charge in [-0.05, 0) is 34.5 Å². The second-order valence-electron chi connectivity index (χ2n) is 9.30. The number of nitrogens with one attached hydrogen (secondary N) is 2. The topological polar surface area (TPSA) is 108 Å². The van der Waals surface area contributed by atoms with Gasteiger partial charge in [0.25, 0.3) is 0 Å². The zero-order chi connectivity index (χ0) is 24.2. The molecule has 33 heavy (non-hydrogen) atoms. The maximum absolute atomic E-state index is 13.4. The van der Waals surface area contributed by atoms with Crippen LogP contribution < -0.4 is 20.6 Å². The number of ether oxygens (including phenoxy) is 1. The van der Waals surface area contributed by atoms with Crippen LogP contribution in [0.15, 0.2) is 42.5 Å². The zero-order valence-electron chi connectivity index (χ0n) is 19.4. The summed E-state index contributed by atoms with van der Waals surface area (Å²) in [7, 11) is -0.142. The smallest absolute Gasteiger partial charge is 0.226 e. The molecule has 1 fully saturated rings. The number of rotatable bonds is 8. The molecule has 2 aromatic carbocycles. The quantitative estimate of drug-likeness (QED) is 0.584. The summed E-state index contributed by atoms with van der Waals surface area (Å²) in [5.41, 5.74) is 1.95. The van der Waals surface area contributed by atoms with Crippen molar-refractivity contribution in [1.29, 1.82) is 5.26 Å². The Labute approximate surface area is 195 Å². The third kappa shape index (κ3) is 5.87. The molecular weight excluding hydrogens is 434 g/mol. The molecule has 0 aromatic heterocycles. The largest absolute Gasteiger partial charge is 0.497 e. The van der Waals surface area contributed by atoms with E-state index in [1.807, 2.05) is 12.1 Å². The minimum atomic E-state index is -1.70. The molecular formula is C25H29N3O4Si. The van der Waals surface area contributed by atoms with Gasteiger partial charge < -0.3 is 15.4 Å². The van der Waals surface area contributed by atoms with Gasteiger partial charge in [-0.1, -0.05) is 43.9 Å². The van der Waals surface area contributed by atoms with Gasteiger partial charge in [-0.3, -0.25) is 14.4 Å². The molecule has 1 heterocycles. The lowest BCUT2D eigenvalue weighted by molar-refractivity contribution is -0.130. The van der Waals surface area contributed by atoms with Crippen molar-refractivity contribution in [3.8, 4) is 11.8 Å². The monoisotopic (exact) mass is 463 g/mol. The summed E-state index contributed by atoms with van der Waals surface area (Å²) in [6.07, 6.45) is 0.179. The van der Waals surface area contributed by atoms with E-state index in [2.05, 4.69) is 36.3 Å². The SMILES string of the molecule is COc1ccc(C(NC(=O)C2CNC(=O)C2)C(=O)Cc2ccc([Si](C)(C)C)c(C#N)c2)cc1. The second kappa shape index (κ2) is 10.0. The van der Waals surface area contributed by atoms with Crippen molar-refractivity contribution in [2.75, 3.05) is 13.7 Å². The van der Waals surface area contributed by atoms with Crippen LogP contribution in [-0.2, 0) is 20.8 Å². The fraction of sp³-hybridized carbons (Fsp3) is 0.360. The maximum atomic E-state index is 13.4. The number of hydrogen-bond acceptors (Lipinski definition) is 5. The van der Waals surface area contributed by atoms with E-state index >= 15 is 0 Å². The van der Waals surface area contributed by atoms with Gasteiger partial charge in [-0.15, -0.1) is 0 Å². The zero-order valence-corrected chi connectivity index (χ0v) is 20.4. The van der Waals surface area contributed by atoms with E-state index in [0.29, 0.717) is 16.9 Å². The number of nitrogens with zero attached hydrogens (tertiary/aromatic N) is 1. The number of ketones is 1. The Morgan fingerprint density at radius 3 is 2.45 bits per heavy atom. The maximum Gasteiger partial charge on any atom is 0.226 e. The Balaban J connectivity index is 1.86. The summed E-state index contributed by atoms with van der Waals surface area (Å²) in [5, 5.41) is 16.2. The first-order valence-corrected chi connectivity index (χ1v) is 14.4. The summed E-state index contributed by atoms with van der Waals surface area (Å²) in [4.78, 5) is 37.7. The number of methoxy groups -OCH3 is 1. The van der Waals surface area contributed by atoms with Crippen LogP contribution in [-0.4, -0.2) is 39.3 Å². The molecule has 0 saturated carbocycles. The van der Waals surface area contributed by atoms with Crippen LogP contribution >= 0.6 is 0 Å². The summed E-state index contributed by atoms with van der Waals surface area (Å²) >= 11 is 0. The average molecular weight is 464 g/mol. The molecule has 1 aliphatic heterocycles. The highest BCUT2D eigenvalue weighted by atomic mass is 28.3. The van der Waals surface area contributed by atoms with Gasteiger partial charge >= 0.3 is 0 Å². The third-order valence-corrected chi connectivity index (χ3v) is 7.85. The summed E-state index contributed by atoms with van der Waals surface area (Å²) in [6.45, 7) is 6.78. The molecule has 7 nitrogen and oxygen atoms in total. The van der Waals surface area contributed by atoms with Crippen LogP contribution in [0.25, 0.3) is 0 Å². The Hall–Kier alpha value is -3.44. The molecule has 0 bridgehead atoms. The molecule has 2 atom stereocenters. The molecule has 1 saturated heterocycles. The van der Waals surface area contributed by atoms with Crippen molar-refractivity contribution in [2.45, 2.75) is 38.5 Å². The highest BCUT2D eigenvalue weighted by molar-refractivity contribution is 6.89. The molecule has 0 aliphatic carbocycles. The van der Waals surface area contributed by atoms with Gasteiger partial charge in [0.1, 0.15) is 11.8 Å². The van der Waals surface area contributed by atoms with Gasteiger partial charge in [-0.2, -0.15) is 5.26 Å². The van der Waals surface area contributed by atoms with E-state index in [1.54, 1.807) is 37.4 Å². The molecule has 3 rings (SSSR count). The van der Waals surface area contributed by atoms with E-state index < -0.39 is 20.0 Å². The fourth-order valence-corrected chi connectivity index (χ4v) is 5.47. The van der Waals surface area contributed by atoms with E-state index in [9.17, 15) is 19.6 Å². The number of hydrogen-bond donors (Lipinski definition) is 2. The molecule has 2 aromatic rings. The summed E-state index contributed by atoms with van der Waals surface area (Å²) in [5.74, 6) is -0.575. The second-order valence-corrected chi connectivity index (χ2v) is 14.3. The number of carbonyl (C=O) groups excluding carboxylic acids is 3. The molecule has 0 radical (unpaired) electrons.